The number of morpholine rings is 1. The van der Waals surface area contributed by atoms with Gasteiger partial charge in [0.25, 0.3) is 0 Å². The van der Waals surface area contributed by atoms with Crippen LogP contribution in [0.4, 0.5) is 0 Å². The highest BCUT2D eigenvalue weighted by atomic mass is 16.5. The van der Waals surface area contributed by atoms with Crippen LogP contribution in [0.25, 0.3) is 0 Å². The molecule has 2 aliphatic rings. The minimum Gasteiger partial charge on any atom is -0.396 e. The van der Waals surface area contributed by atoms with Gasteiger partial charge in [-0.3, -0.25) is 4.90 Å². The van der Waals surface area contributed by atoms with Crippen LogP contribution >= 0.6 is 0 Å². The maximum Gasteiger partial charge on any atom is 0.0594 e. The number of nitrogens with zero attached hydrogens (tertiary/aromatic N) is 1. The van der Waals surface area contributed by atoms with Crippen molar-refractivity contribution in [3.63, 3.8) is 0 Å². The predicted molar refractivity (Wildman–Crippen MR) is 59.8 cm³/mol. The average molecular weight is 213 g/mol. The zero-order valence-electron chi connectivity index (χ0n) is 9.53. The third-order valence-electron chi connectivity index (χ3n) is 3.90. The van der Waals surface area contributed by atoms with Crippen LogP contribution in [0.5, 0.6) is 0 Å². The lowest BCUT2D eigenvalue weighted by Gasteiger charge is -2.36. The molecule has 0 amide bonds. The fraction of sp³-hybridized carbons (Fsp3) is 1.00. The lowest BCUT2D eigenvalue weighted by Crippen LogP contribution is -2.42. The highest BCUT2D eigenvalue weighted by Gasteiger charge is 2.26. The Morgan fingerprint density at radius 3 is 2.40 bits per heavy atom. The summed E-state index contributed by atoms with van der Waals surface area (Å²) < 4.78 is 5.35. The maximum absolute atomic E-state index is 9.35. The number of aliphatic hydroxyl groups excluding tert-OH is 1. The lowest BCUT2D eigenvalue weighted by atomic mass is 9.79. The van der Waals surface area contributed by atoms with E-state index >= 15 is 0 Å². The molecule has 0 spiro atoms. The monoisotopic (exact) mass is 213 g/mol. The largest absolute Gasteiger partial charge is 0.396 e. The van der Waals surface area contributed by atoms with Crippen LogP contribution in [0, 0.1) is 11.8 Å². The molecule has 0 aromatic rings. The minimum absolute atomic E-state index is 0.384. The first-order chi connectivity index (χ1) is 7.40. The van der Waals surface area contributed by atoms with E-state index in [0.717, 1.165) is 32.2 Å². The number of hydrogen-bond donors (Lipinski definition) is 1. The number of aliphatic hydroxyl groups is 1. The first-order valence-corrected chi connectivity index (χ1v) is 6.31. The van der Waals surface area contributed by atoms with Crippen LogP contribution in [-0.2, 0) is 4.74 Å². The molecule has 0 radical (unpaired) electrons. The van der Waals surface area contributed by atoms with E-state index in [-0.39, 0.29) is 0 Å². The summed E-state index contributed by atoms with van der Waals surface area (Å²) in [4.78, 5) is 2.50. The van der Waals surface area contributed by atoms with E-state index in [1.54, 1.807) is 0 Å². The van der Waals surface area contributed by atoms with Gasteiger partial charge in [-0.25, -0.2) is 0 Å². The molecule has 0 aromatic heterocycles. The van der Waals surface area contributed by atoms with Gasteiger partial charge in [0.05, 0.1) is 13.2 Å². The zero-order valence-corrected chi connectivity index (χ0v) is 9.53. The molecule has 2 rings (SSSR count). The van der Waals surface area contributed by atoms with Gasteiger partial charge in [-0.15, -0.1) is 0 Å². The zero-order chi connectivity index (χ0) is 10.5. The van der Waals surface area contributed by atoms with Gasteiger partial charge in [0, 0.05) is 26.2 Å². The van der Waals surface area contributed by atoms with Crippen LogP contribution in [0.15, 0.2) is 0 Å². The summed E-state index contributed by atoms with van der Waals surface area (Å²) in [5, 5.41) is 9.35. The number of rotatable bonds is 3. The Labute approximate surface area is 92.4 Å². The summed E-state index contributed by atoms with van der Waals surface area (Å²) >= 11 is 0. The second kappa shape index (κ2) is 5.83. The number of hydrogen-bond acceptors (Lipinski definition) is 3. The first kappa shape index (κ1) is 11.4. The van der Waals surface area contributed by atoms with E-state index in [1.165, 1.54) is 32.2 Å². The molecule has 2 fully saturated rings. The van der Waals surface area contributed by atoms with Crippen molar-refractivity contribution in [2.45, 2.75) is 25.7 Å². The highest BCUT2D eigenvalue weighted by Crippen LogP contribution is 2.30. The van der Waals surface area contributed by atoms with Crippen LogP contribution in [0.3, 0.4) is 0 Å². The highest BCUT2D eigenvalue weighted by molar-refractivity contribution is 4.78. The van der Waals surface area contributed by atoms with Crippen molar-refractivity contribution < 1.29 is 9.84 Å². The number of ether oxygens (including phenoxy) is 1. The molecular weight excluding hydrogens is 190 g/mol. The van der Waals surface area contributed by atoms with Gasteiger partial charge in [-0.1, -0.05) is 12.8 Å². The SMILES string of the molecule is OCC1CCCCC1CN1CCOCC1. The molecule has 15 heavy (non-hydrogen) atoms. The maximum atomic E-state index is 9.35. The van der Waals surface area contributed by atoms with Gasteiger partial charge in [-0.2, -0.15) is 0 Å². The van der Waals surface area contributed by atoms with Crippen molar-refractivity contribution in [3.8, 4) is 0 Å². The van der Waals surface area contributed by atoms with E-state index in [2.05, 4.69) is 4.90 Å². The standard InChI is InChI=1S/C12H23NO2/c14-10-12-4-2-1-3-11(12)9-13-5-7-15-8-6-13/h11-12,14H,1-10H2. The molecule has 1 saturated carbocycles. The van der Waals surface area contributed by atoms with E-state index in [1.807, 2.05) is 0 Å². The van der Waals surface area contributed by atoms with E-state index in [0.29, 0.717) is 12.5 Å². The Balaban J connectivity index is 1.79. The molecule has 0 bridgehead atoms. The summed E-state index contributed by atoms with van der Waals surface area (Å²) in [7, 11) is 0. The average Bonchev–Trinajstić information content (AvgIpc) is 2.31. The van der Waals surface area contributed by atoms with Gasteiger partial charge >= 0.3 is 0 Å². The predicted octanol–water partition coefficient (Wildman–Crippen LogP) is 1.12. The smallest absolute Gasteiger partial charge is 0.0594 e. The Hall–Kier alpha value is -0.120. The Kier molecular flexibility index (Phi) is 4.42. The molecule has 2 unspecified atom stereocenters. The Morgan fingerprint density at radius 1 is 1.07 bits per heavy atom. The van der Waals surface area contributed by atoms with Gasteiger partial charge in [0.2, 0.25) is 0 Å². The quantitative estimate of drug-likeness (QED) is 0.762. The normalized spacial score (nSPS) is 34.2. The van der Waals surface area contributed by atoms with Gasteiger partial charge in [0.15, 0.2) is 0 Å². The topological polar surface area (TPSA) is 32.7 Å². The summed E-state index contributed by atoms with van der Waals surface area (Å²) in [6.45, 7) is 5.49. The molecule has 1 saturated heterocycles. The van der Waals surface area contributed by atoms with Crippen molar-refractivity contribution in [2.75, 3.05) is 39.5 Å². The van der Waals surface area contributed by atoms with Crippen molar-refractivity contribution in [1.82, 2.24) is 4.90 Å². The molecule has 1 heterocycles. The van der Waals surface area contributed by atoms with Crippen LogP contribution in [0.2, 0.25) is 0 Å². The first-order valence-electron chi connectivity index (χ1n) is 6.31. The van der Waals surface area contributed by atoms with Crippen LogP contribution in [-0.4, -0.2) is 49.5 Å². The van der Waals surface area contributed by atoms with Gasteiger partial charge < -0.3 is 9.84 Å². The Morgan fingerprint density at radius 2 is 1.73 bits per heavy atom. The second-order valence-electron chi connectivity index (χ2n) is 4.90. The van der Waals surface area contributed by atoms with E-state index in [4.69, 9.17) is 4.74 Å². The van der Waals surface area contributed by atoms with Crippen molar-refractivity contribution in [1.29, 1.82) is 0 Å². The van der Waals surface area contributed by atoms with E-state index < -0.39 is 0 Å². The Bertz CT molecular complexity index is 180. The van der Waals surface area contributed by atoms with E-state index in [9.17, 15) is 5.11 Å². The molecule has 1 aliphatic heterocycles. The minimum atomic E-state index is 0.384. The van der Waals surface area contributed by atoms with Crippen molar-refractivity contribution in [3.05, 3.63) is 0 Å². The van der Waals surface area contributed by atoms with Crippen molar-refractivity contribution in [2.24, 2.45) is 11.8 Å². The molecular formula is C12H23NO2. The molecule has 88 valence electrons. The van der Waals surface area contributed by atoms with Crippen LogP contribution in [0.1, 0.15) is 25.7 Å². The summed E-state index contributed by atoms with van der Waals surface area (Å²) in [6, 6.07) is 0. The second-order valence-corrected chi connectivity index (χ2v) is 4.90. The van der Waals surface area contributed by atoms with Crippen LogP contribution < -0.4 is 0 Å². The van der Waals surface area contributed by atoms with Gasteiger partial charge in [0.1, 0.15) is 0 Å². The lowest BCUT2D eigenvalue weighted by molar-refractivity contribution is 0.0160. The summed E-state index contributed by atoms with van der Waals surface area (Å²) in [5.41, 5.74) is 0. The molecule has 3 heteroatoms. The third kappa shape index (κ3) is 3.16. The van der Waals surface area contributed by atoms with Gasteiger partial charge in [-0.05, 0) is 24.7 Å². The van der Waals surface area contributed by atoms with Crippen molar-refractivity contribution >= 4 is 0 Å². The molecule has 2 atom stereocenters. The third-order valence-corrected chi connectivity index (χ3v) is 3.90. The fourth-order valence-corrected chi connectivity index (χ4v) is 2.88. The molecule has 1 aliphatic carbocycles. The summed E-state index contributed by atoms with van der Waals surface area (Å²) in [5.74, 6) is 1.28. The fourth-order valence-electron chi connectivity index (χ4n) is 2.88. The summed E-state index contributed by atoms with van der Waals surface area (Å²) in [6.07, 6.45) is 5.20. The molecule has 3 nitrogen and oxygen atoms in total. The molecule has 1 N–H and O–H groups in total. The molecule has 0 aromatic carbocycles.